The molecule has 6 nitrogen and oxygen atoms in total. The lowest BCUT2D eigenvalue weighted by atomic mass is 10.5. The second kappa shape index (κ2) is 8.84. The van der Waals surface area contributed by atoms with Crippen LogP contribution in [0.1, 0.15) is 18.7 Å². The molecule has 1 aromatic heterocycles. The van der Waals surface area contributed by atoms with Crippen molar-refractivity contribution in [2.24, 2.45) is 5.73 Å². The molecule has 0 saturated carbocycles. The summed E-state index contributed by atoms with van der Waals surface area (Å²) in [5.41, 5.74) is 4.96. The van der Waals surface area contributed by atoms with E-state index in [0.717, 1.165) is 24.8 Å². The number of ether oxygens (including phenoxy) is 1. The van der Waals surface area contributed by atoms with Gasteiger partial charge in [-0.2, -0.15) is 0 Å². The van der Waals surface area contributed by atoms with Gasteiger partial charge >= 0.3 is 0 Å². The highest BCUT2D eigenvalue weighted by Gasteiger charge is 2.07. The minimum atomic E-state index is -0.439. The second-order valence-corrected chi connectivity index (χ2v) is 5.07. The Balaban J connectivity index is 2.21. The molecular formula is C12H22N4O2S. The molecule has 0 aliphatic carbocycles. The summed E-state index contributed by atoms with van der Waals surface area (Å²) in [5, 5.41) is 4.30. The number of thiazole rings is 1. The minimum Gasteiger partial charge on any atom is -0.370 e. The Morgan fingerprint density at radius 2 is 2.26 bits per heavy atom. The van der Waals surface area contributed by atoms with Crippen LogP contribution in [0.5, 0.6) is 0 Å². The quantitative estimate of drug-likeness (QED) is 0.615. The number of hydrogen-bond acceptors (Lipinski definition) is 6. The number of nitrogens with one attached hydrogen (secondary N) is 1. The molecule has 0 aliphatic rings. The maximum atomic E-state index is 10.4. The zero-order valence-corrected chi connectivity index (χ0v) is 12.3. The van der Waals surface area contributed by atoms with E-state index in [9.17, 15) is 4.79 Å². The van der Waals surface area contributed by atoms with Crippen LogP contribution < -0.4 is 16.0 Å². The highest BCUT2D eigenvalue weighted by molar-refractivity contribution is 7.15. The van der Waals surface area contributed by atoms with Crippen molar-refractivity contribution in [1.82, 2.24) is 10.3 Å². The standard InChI is InChI=1S/C12H22N4O2S/c1-3-16(4-2)12-15-8-10(19-12)7-14-5-6-18-9-11(13)17/h8,14H,3-7,9H2,1-2H3,(H2,13,17). The molecule has 0 aliphatic heterocycles. The molecule has 0 saturated heterocycles. The molecule has 108 valence electrons. The summed E-state index contributed by atoms with van der Waals surface area (Å²) in [4.78, 5) is 18.3. The maximum Gasteiger partial charge on any atom is 0.243 e. The summed E-state index contributed by atoms with van der Waals surface area (Å²) >= 11 is 1.70. The van der Waals surface area contributed by atoms with Gasteiger partial charge < -0.3 is 20.7 Å². The van der Waals surface area contributed by atoms with Crippen molar-refractivity contribution in [2.75, 3.05) is 37.7 Å². The highest BCUT2D eigenvalue weighted by atomic mass is 32.1. The molecule has 0 fully saturated rings. The van der Waals surface area contributed by atoms with Crippen molar-refractivity contribution in [3.05, 3.63) is 11.1 Å². The molecule has 0 atom stereocenters. The summed E-state index contributed by atoms with van der Waals surface area (Å²) in [5.74, 6) is -0.439. The van der Waals surface area contributed by atoms with Crippen LogP contribution in [0.2, 0.25) is 0 Å². The molecule has 1 rings (SSSR count). The van der Waals surface area contributed by atoms with Crippen LogP contribution in [0.3, 0.4) is 0 Å². The first-order valence-corrected chi connectivity index (χ1v) is 7.25. The topological polar surface area (TPSA) is 80.5 Å². The third kappa shape index (κ3) is 6.00. The Hall–Kier alpha value is -1.18. The molecule has 0 unspecified atom stereocenters. The number of anilines is 1. The number of amides is 1. The number of nitrogens with two attached hydrogens (primary N) is 1. The van der Waals surface area contributed by atoms with Gasteiger partial charge in [0.1, 0.15) is 6.61 Å². The molecule has 7 heteroatoms. The van der Waals surface area contributed by atoms with E-state index in [2.05, 4.69) is 29.0 Å². The zero-order chi connectivity index (χ0) is 14.1. The SMILES string of the molecule is CCN(CC)c1ncc(CNCCOCC(N)=O)s1. The Morgan fingerprint density at radius 1 is 1.53 bits per heavy atom. The molecule has 0 bridgehead atoms. The predicted octanol–water partition coefficient (Wildman–Crippen LogP) is 0.581. The van der Waals surface area contributed by atoms with E-state index in [-0.39, 0.29) is 6.61 Å². The summed E-state index contributed by atoms with van der Waals surface area (Å²) in [6.45, 7) is 8.09. The van der Waals surface area contributed by atoms with Crippen LogP contribution in [0.25, 0.3) is 0 Å². The van der Waals surface area contributed by atoms with E-state index in [4.69, 9.17) is 10.5 Å². The van der Waals surface area contributed by atoms with Gasteiger partial charge in [-0.25, -0.2) is 4.98 Å². The maximum absolute atomic E-state index is 10.4. The summed E-state index contributed by atoms with van der Waals surface area (Å²) in [7, 11) is 0. The number of hydrogen-bond donors (Lipinski definition) is 2. The lowest BCUT2D eigenvalue weighted by Gasteiger charge is -2.16. The van der Waals surface area contributed by atoms with Crippen LogP contribution in [0, 0.1) is 0 Å². The second-order valence-electron chi connectivity index (χ2n) is 3.98. The number of nitrogens with zero attached hydrogens (tertiary/aromatic N) is 2. The van der Waals surface area contributed by atoms with Gasteiger partial charge in [0.15, 0.2) is 5.13 Å². The van der Waals surface area contributed by atoms with E-state index in [1.165, 1.54) is 4.88 Å². The fourth-order valence-corrected chi connectivity index (χ4v) is 2.55. The van der Waals surface area contributed by atoms with Crippen LogP contribution in [-0.2, 0) is 16.1 Å². The van der Waals surface area contributed by atoms with Crippen molar-refractivity contribution in [3.8, 4) is 0 Å². The lowest BCUT2D eigenvalue weighted by Crippen LogP contribution is -2.23. The minimum absolute atomic E-state index is 0.0195. The summed E-state index contributed by atoms with van der Waals surface area (Å²) < 4.78 is 5.05. The van der Waals surface area contributed by atoms with Crippen molar-refractivity contribution in [3.63, 3.8) is 0 Å². The third-order valence-electron chi connectivity index (χ3n) is 2.54. The summed E-state index contributed by atoms with van der Waals surface area (Å²) in [6, 6.07) is 0. The van der Waals surface area contributed by atoms with Gasteiger partial charge in [-0.3, -0.25) is 4.79 Å². The van der Waals surface area contributed by atoms with Gasteiger partial charge in [-0.1, -0.05) is 0 Å². The first kappa shape index (κ1) is 15.9. The number of carbonyl (C=O) groups is 1. The predicted molar refractivity (Wildman–Crippen MR) is 77.4 cm³/mol. The van der Waals surface area contributed by atoms with E-state index < -0.39 is 5.91 Å². The Bertz CT molecular complexity index is 380. The van der Waals surface area contributed by atoms with Crippen molar-refractivity contribution in [2.45, 2.75) is 20.4 Å². The molecule has 3 N–H and O–H groups in total. The monoisotopic (exact) mass is 286 g/mol. The van der Waals surface area contributed by atoms with Gasteiger partial charge in [0.2, 0.25) is 5.91 Å². The van der Waals surface area contributed by atoms with E-state index in [1.54, 1.807) is 11.3 Å². The van der Waals surface area contributed by atoms with E-state index >= 15 is 0 Å². The average molecular weight is 286 g/mol. The van der Waals surface area contributed by atoms with Gasteiger partial charge in [0, 0.05) is 37.3 Å². The number of primary amides is 1. The van der Waals surface area contributed by atoms with E-state index in [1.807, 2.05) is 6.20 Å². The number of aromatic nitrogens is 1. The van der Waals surface area contributed by atoms with Gasteiger partial charge in [0.25, 0.3) is 0 Å². The van der Waals surface area contributed by atoms with Crippen LogP contribution in [0.15, 0.2) is 6.20 Å². The molecule has 0 aromatic carbocycles. The van der Waals surface area contributed by atoms with Gasteiger partial charge in [-0.15, -0.1) is 11.3 Å². The molecule has 1 heterocycles. The van der Waals surface area contributed by atoms with Gasteiger partial charge in [0.05, 0.1) is 6.61 Å². The molecular weight excluding hydrogens is 264 g/mol. The fraction of sp³-hybridized carbons (Fsp3) is 0.667. The Labute approximate surface area is 118 Å². The molecule has 1 aromatic rings. The van der Waals surface area contributed by atoms with E-state index in [0.29, 0.717) is 13.2 Å². The van der Waals surface area contributed by atoms with Crippen molar-refractivity contribution < 1.29 is 9.53 Å². The van der Waals surface area contributed by atoms with Crippen LogP contribution >= 0.6 is 11.3 Å². The lowest BCUT2D eigenvalue weighted by molar-refractivity contribution is -0.122. The Kier molecular flexibility index (Phi) is 7.39. The fourth-order valence-electron chi connectivity index (χ4n) is 1.55. The van der Waals surface area contributed by atoms with Gasteiger partial charge in [-0.05, 0) is 13.8 Å². The Morgan fingerprint density at radius 3 is 2.89 bits per heavy atom. The zero-order valence-electron chi connectivity index (χ0n) is 11.5. The molecule has 1 amide bonds. The largest absolute Gasteiger partial charge is 0.370 e. The van der Waals surface area contributed by atoms with Crippen molar-refractivity contribution in [1.29, 1.82) is 0 Å². The van der Waals surface area contributed by atoms with Crippen molar-refractivity contribution >= 4 is 22.4 Å². The molecule has 19 heavy (non-hydrogen) atoms. The number of carbonyl (C=O) groups excluding carboxylic acids is 1. The molecule has 0 spiro atoms. The first-order valence-electron chi connectivity index (χ1n) is 6.43. The average Bonchev–Trinajstić information content (AvgIpc) is 2.83. The highest BCUT2D eigenvalue weighted by Crippen LogP contribution is 2.21. The third-order valence-corrected chi connectivity index (χ3v) is 3.60. The number of rotatable bonds is 10. The molecule has 0 radical (unpaired) electrons. The normalized spacial score (nSPS) is 10.6. The van der Waals surface area contributed by atoms with Crippen LogP contribution in [0.4, 0.5) is 5.13 Å². The smallest absolute Gasteiger partial charge is 0.243 e. The van der Waals surface area contributed by atoms with Crippen LogP contribution in [-0.4, -0.2) is 43.7 Å². The first-order chi connectivity index (χ1) is 9.17. The summed E-state index contributed by atoms with van der Waals surface area (Å²) in [6.07, 6.45) is 1.90.